The van der Waals surface area contributed by atoms with Crippen molar-refractivity contribution in [2.24, 2.45) is 0 Å². The van der Waals surface area contributed by atoms with Gasteiger partial charge >= 0.3 is 0 Å². The number of nitriles is 1. The molecule has 2 rings (SSSR count). The Balaban J connectivity index is 2.05. The average molecular weight is 332 g/mol. The molecular weight excluding hydrogens is 318 g/mol. The van der Waals surface area contributed by atoms with Gasteiger partial charge in [-0.25, -0.2) is 9.97 Å². The predicted molar refractivity (Wildman–Crippen MR) is 82.4 cm³/mol. The molecule has 0 aliphatic heterocycles. The van der Waals surface area contributed by atoms with E-state index < -0.39 is 0 Å². The van der Waals surface area contributed by atoms with Crippen LogP contribution in [-0.4, -0.2) is 23.6 Å². The SMILES string of the molecule is CN(CC#N)c1cc(NCc2ccccc2Br)ncn1. The third kappa shape index (κ3) is 3.68. The fraction of sp³-hybridized carbons (Fsp3) is 0.214. The van der Waals surface area contributed by atoms with Crippen molar-refractivity contribution in [2.45, 2.75) is 6.54 Å². The fourth-order valence-electron chi connectivity index (χ4n) is 1.67. The van der Waals surface area contributed by atoms with Crippen LogP contribution >= 0.6 is 15.9 Å². The van der Waals surface area contributed by atoms with Gasteiger partial charge in [0.15, 0.2) is 0 Å². The maximum Gasteiger partial charge on any atom is 0.134 e. The monoisotopic (exact) mass is 331 g/mol. The summed E-state index contributed by atoms with van der Waals surface area (Å²) in [6, 6.07) is 11.9. The Morgan fingerprint density at radius 2 is 2.15 bits per heavy atom. The number of halogens is 1. The zero-order valence-electron chi connectivity index (χ0n) is 11.0. The molecular formula is C14H14BrN5. The Morgan fingerprint density at radius 3 is 2.90 bits per heavy atom. The molecule has 102 valence electrons. The molecule has 20 heavy (non-hydrogen) atoms. The van der Waals surface area contributed by atoms with Gasteiger partial charge in [0.2, 0.25) is 0 Å². The van der Waals surface area contributed by atoms with Gasteiger partial charge in [0, 0.05) is 24.1 Å². The Labute approximate surface area is 126 Å². The van der Waals surface area contributed by atoms with Crippen LogP contribution in [0.15, 0.2) is 41.1 Å². The van der Waals surface area contributed by atoms with Gasteiger partial charge < -0.3 is 10.2 Å². The van der Waals surface area contributed by atoms with E-state index >= 15 is 0 Å². The van der Waals surface area contributed by atoms with Gasteiger partial charge in [-0.2, -0.15) is 5.26 Å². The van der Waals surface area contributed by atoms with E-state index in [9.17, 15) is 0 Å². The molecule has 2 aromatic rings. The summed E-state index contributed by atoms with van der Waals surface area (Å²) in [5.41, 5.74) is 1.15. The van der Waals surface area contributed by atoms with Crippen molar-refractivity contribution in [3.8, 4) is 6.07 Å². The second kappa shape index (κ2) is 6.87. The number of anilines is 2. The van der Waals surface area contributed by atoms with E-state index in [4.69, 9.17) is 5.26 Å². The first-order chi connectivity index (χ1) is 9.70. The molecule has 0 spiro atoms. The van der Waals surface area contributed by atoms with E-state index in [0.717, 1.165) is 21.7 Å². The Morgan fingerprint density at radius 1 is 1.35 bits per heavy atom. The summed E-state index contributed by atoms with van der Waals surface area (Å²) in [4.78, 5) is 10.1. The molecule has 1 aromatic carbocycles. The van der Waals surface area contributed by atoms with E-state index in [0.29, 0.717) is 13.1 Å². The molecule has 0 atom stereocenters. The Bertz CT molecular complexity index is 623. The van der Waals surface area contributed by atoms with Crippen LogP contribution in [0.2, 0.25) is 0 Å². The quantitative estimate of drug-likeness (QED) is 0.853. The van der Waals surface area contributed by atoms with Crippen LogP contribution in [-0.2, 0) is 6.54 Å². The average Bonchev–Trinajstić information content (AvgIpc) is 2.47. The fourth-order valence-corrected chi connectivity index (χ4v) is 2.09. The Hall–Kier alpha value is -2.13. The van der Waals surface area contributed by atoms with Gasteiger partial charge in [0.05, 0.1) is 6.07 Å². The van der Waals surface area contributed by atoms with Gasteiger partial charge in [-0.05, 0) is 11.6 Å². The summed E-state index contributed by atoms with van der Waals surface area (Å²) < 4.78 is 1.06. The highest BCUT2D eigenvalue weighted by Crippen LogP contribution is 2.18. The number of benzene rings is 1. The molecule has 0 saturated heterocycles. The van der Waals surface area contributed by atoms with Gasteiger partial charge in [-0.3, -0.25) is 0 Å². The number of aromatic nitrogens is 2. The molecule has 1 aromatic heterocycles. The van der Waals surface area contributed by atoms with Crippen LogP contribution < -0.4 is 10.2 Å². The standard InChI is InChI=1S/C14H14BrN5/c1-20(7-6-16)14-8-13(18-10-19-14)17-9-11-4-2-3-5-12(11)15/h2-5,8,10H,7,9H2,1H3,(H,17,18,19). The highest BCUT2D eigenvalue weighted by atomic mass is 79.9. The summed E-state index contributed by atoms with van der Waals surface area (Å²) in [5, 5.41) is 11.9. The summed E-state index contributed by atoms with van der Waals surface area (Å²) in [5.74, 6) is 1.45. The molecule has 1 N–H and O–H groups in total. The van der Waals surface area contributed by atoms with Crippen LogP contribution in [0.1, 0.15) is 5.56 Å². The largest absolute Gasteiger partial charge is 0.366 e. The first-order valence-corrected chi connectivity index (χ1v) is 6.87. The van der Waals surface area contributed by atoms with Crippen molar-refractivity contribution in [3.63, 3.8) is 0 Å². The molecule has 0 aliphatic carbocycles. The van der Waals surface area contributed by atoms with Crippen LogP contribution in [0, 0.1) is 11.3 Å². The maximum atomic E-state index is 8.69. The molecule has 0 radical (unpaired) electrons. The van der Waals surface area contributed by atoms with Crippen molar-refractivity contribution in [3.05, 3.63) is 46.7 Å². The lowest BCUT2D eigenvalue weighted by Gasteiger charge is -2.14. The van der Waals surface area contributed by atoms with Crippen molar-refractivity contribution in [1.82, 2.24) is 9.97 Å². The molecule has 1 heterocycles. The van der Waals surface area contributed by atoms with E-state index in [1.807, 2.05) is 37.4 Å². The van der Waals surface area contributed by atoms with E-state index in [1.165, 1.54) is 6.33 Å². The number of hydrogen-bond acceptors (Lipinski definition) is 5. The number of nitrogens with one attached hydrogen (secondary N) is 1. The summed E-state index contributed by atoms with van der Waals surface area (Å²) in [6.07, 6.45) is 1.49. The van der Waals surface area contributed by atoms with Crippen LogP contribution in [0.25, 0.3) is 0 Å². The molecule has 6 heteroatoms. The lowest BCUT2D eigenvalue weighted by atomic mass is 10.2. The summed E-state index contributed by atoms with van der Waals surface area (Å²) >= 11 is 3.51. The highest BCUT2D eigenvalue weighted by molar-refractivity contribution is 9.10. The number of rotatable bonds is 5. The molecule has 0 unspecified atom stereocenters. The van der Waals surface area contributed by atoms with Crippen molar-refractivity contribution in [1.29, 1.82) is 5.26 Å². The highest BCUT2D eigenvalue weighted by Gasteiger charge is 2.04. The smallest absolute Gasteiger partial charge is 0.134 e. The minimum absolute atomic E-state index is 0.292. The summed E-state index contributed by atoms with van der Waals surface area (Å²) in [6.45, 7) is 0.959. The second-order valence-corrected chi connectivity index (χ2v) is 5.07. The molecule has 0 aliphatic rings. The first-order valence-electron chi connectivity index (χ1n) is 6.08. The van der Waals surface area contributed by atoms with Crippen LogP contribution in [0.3, 0.4) is 0 Å². The van der Waals surface area contributed by atoms with Gasteiger partial charge in [-0.1, -0.05) is 34.1 Å². The van der Waals surface area contributed by atoms with E-state index in [-0.39, 0.29) is 0 Å². The minimum atomic E-state index is 0.292. The lowest BCUT2D eigenvalue weighted by molar-refractivity contribution is 0.974. The molecule has 0 amide bonds. The third-order valence-electron chi connectivity index (χ3n) is 2.77. The van der Waals surface area contributed by atoms with E-state index in [1.54, 1.807) is 4.90 Å². The molecule has 0 fully saturated rings. The van der Waals surface area contributed by atoms with Crippen LogP contribution in [0.4, 0.5) is 11.6 Å². The van der Waals surface area contributed by atoms with Gasteiger partial charge in [0.25, 0.3) is 0 Å². The first kappa shape index (κ1) is 14.3. The van der Waals surface area contributed by atoms with Crippen molar-refractivity contribution in [2.75, 3.05) is 23.8 Å². The maximum absolute atomic E-state index is 8.69. The second-order valence-electron chi connectivity index (χ2n) is 4.22. The zero-order chi connectivity index (χ0) is 14.4. The van der Waals surface area contributed by atoms with E-state index in [2.05, 4.69) is 37.3 Å². The third-order valence-corrected chi connectivity index (χ3v) is 3.54. The minimum Gasteiger partial charge on any atom is -0.366 e. The molecule has 5 nitrogen and oxygen atoms in total. The van der Waals surface area contributed by atoms with Gasteiger partial charge in [-0.15, -0.1) is 0 Å². The predicted octanol–water partition coefficient (Wildman–Crippen LogP) is 2.81. The topological polar surface area (TPSA) is 64.8 Å². The Kier molecular flexibility index (Phi) is 4.91. The zero-order valence-corrected chi connectivity index (χ0v) is 12.6. The normalized spacial score (nSPS) is 9.85. The number of hydrogen-bond donors (Lipinski definition) is 1. The molecule has 0 bridgehead atoms. The van der Waals surface area contributed by atoms with Crippen molar-refractivity contribution < 1.29 is 0 Å². The van der Waals surface area contributed by atoms with Gasteiger partial charge in [0.1, 0.15) is 24.5 Å². The molecule has 0 saturated carbocycles. The summed E-state index contributed by atoms with van der Waals surface area (Å²) in [7, 11) is 1.82. The van der Waals surface area contributed by atoms with Crippen LogP contribution in [0.5, 0.6) is 0 Å². The lowest BCUT2D eigenvalue weighted by Crippen LogP contribution is -2.18. The number of nitrogens with zero attached hydrogens (tertiary/aromatic N) is 4. The van der Waals surface area contributed by atoms with Crippen molar-refractivity contribution >= 4 is 27.6 Å².